The zero-order valence-electron chi connectivity index (χ0n) is 15.8. The standard InChI is InChI=1S/C19H19BF5NO2/c1-18(2)19(3,4)28-20(27-18)11-8-6-5-7-10(11)9-26-17-15(24)13(22)12(21)14(23)16(17)25/h5-8,26H,9H2,1-4H3. The van der Waals surface area contributed by atoms with Gasteiger partial charge in [-0.1, -0.05) is 24.3 Å². The minimum absolute atomic E-state index is 0.196. The fourth-order valence-corrected chi connectivity index (χ4v) is 2.84. The SMILES string of the molecule is CC1(C)OB(c2ccccc2CNc2c(F)c(F)c(F)c(F)c2F)OC1(C)C. The van der Waals surface area contributed by atoms with Crippen molar-refractivity contribution in [2.45, 2.75) is 45.4 Å². The van der Waals surface area contributed by atoms with Gasteiger partial charge < -0.3 is 14.6 Å². The zero-order valence-corrected chi connectivity index (χ0v) is 15.8. The monoisotopic (exact) mass is 399 g/mol. The number of hydrogen-bond donors (Lipinski definition) is 1. The molecule has 0 saturated carbocycles. The van der Waals surface area contributed by atoms with Gasteiger partial charge in [0.2, 0.25) is 5.82 Å². The van der Waals surface area contributed by atoms with Gasteiger partial charge in [-0.3, -0.25) is 0 Å². The summed E-state index contributed by atoms with van der Waals surface area (Å²) in [5, 5.41) is 2.30. The Balaban J connectivity index is 1.89. The lowest BCUT2D eigenvalue weighted by Crippen LogP contribution is -2.41. The van der Waals surface area contributed by atoms with E-state index in [-0.39, 0.29) is 6.54 Å². The van der Waals surface area contributed by atoms with Crippen LogP contribution in [0.4, 0.5) is 27.6 Å². The molecule has 28 heavy (non-hydrogen) atoms. The molecule has 0 aliphatic carbocycles. The molecule has 3 rings (SSSR count). The number of rotatable bonds is 4. The highest BCUT2D eigenvalue weighted by Crippen LogP contribution is 2.36. The van der Waals surface area contributed by atoms with Crippen LogP contribution < -0.4 is 10.8 Å². The Labute approximate surface area is 160 Å². The van der Waals surface area contributed by atoms with E-state index in [1.165, 1.54) is 0 Å². The van der Waals surface area contributed by atoms with Crippen LogP contribution in [-0.4, -0.2) is 18.3 Å². The molecule has 1 heterocycles. The first kappa shape index (κ1) is 20.6. The fourth-order valence-electron chi connectivity index (χ4n) is 2.84. The molecular formula is C19H19BF5NO2. The molecule has 1 aliphatic rings. The second-order valence-corrected chi connectivity index (χ2v) is 7.59. The molecule has 1 saturated heterocycles. The lowest BCUT2D eigenvalue weighted by Gasteiger charge is -2.32. The summed E-state index contributed by atoms with van der Waals surface area (Å²) in [5.41, 5.74) is -1.15. The van der Waals surface area contributed by atoms with Crippen molar-refractivity contribution in [3.05, 3.63) is 58.9 Å². The van der Waals surface area contributed by atoms with Crippen LogP contribution in [0, 0.1) is 29.1 Å². The van der Waals surface area contributed by atoms with Crippen molar-refractivity contribution in [3.63, 3.8) is 0 Å². The van der Waals surface area contributed by atoms with Crippen LogP contribution in [-0.2, 0) is 15.9 Å². The van der Waals surface area contributed by atoms with Gasteiger partial charge >= 0.3 is 7.12 Å². The summed E-state index contributed by atoms with van der Waals surface area (Å²) in [6, 6.07) is 6.80. The Bertz CT molecular complexity index is 874. The molecule has 0 amide bonds. The van der Waals surface area contributed by atoms with Crippen molar-refractivity contribution in [1.82, 2.24) is 0 Å². The average Bonchev–Trinajstić information content (AvgIpc) is 2.86. The van der Waals surface area contributed by atoms with Crippen LogP contribution in [0.25, 0.3) is 0 Å². The van der Waals surface area contributed by atoms with Crippen LogP contribution >= 0.6 is 0 Å². The fraction of sp³-hybridized carbons (Fsp3) is 0.368. The van der Waals surface area contributed by atoms with E-state index < -0.39 is 53.1 Å². The third-order valence-electron chi connectivity index (χ3n) is 5.23. The molecule has 1 fully saturated rings. The normalized spacial score (nSPS) is 17.8. The molecule has 2 aromatic carbocycles. The summed E-state index contributed by atoms with van der Waals surface area (Å²) in [4.78, 5) is 0. The van der Waals surface area contributed by atoms with E-state index in [1.807, 2.05) is 27.7 Å². The quantitative estimate of drug-likeness (QED) is 0.360. The number of anilines is 1. The van der Waals surface area contributed by atoms with Crippen molar-refractivity contribution in [1.29, 1.82) is 0 Å². The summed E-state index contributed by atoms with van der Waals surface area (Å²) in [6.07, 6.45) is 0. The van der Waals surface area contributed by atoms with E-state index in [4.69, 9.17) is 9.31 Å². The van der Waals surface area contributed by atoms with E-state index in [2.05, 4.69) is 5.32 Å². The highest BCUT2D eigenvalue weighted by Gasteiger charge is 2.52. The summed E-state index contributed by atoms with van der Waals surface area (Å²) in [7, 11) is -0.737. The van der Waals surface area contributed by atoms with Crippen LogP contribution in [0.5, 0.6) is 0 Å². The predicted molar refractivity (Wildman–Crippen MR) is 95.7 cm³/mol. The maximum Gasteiger partial charge on any atom is 0.495 e. The first-order valence-corrected chi connectivity index (χ1v) is 8.65. The summed E-state index contributed by atoms with van der Waals surface area (Å²) < 4.78 is 79.7. The Hall–Kier alpha value is -2.13. The van der Waals surface area contributed by atoms with Crippen LogP contribution in [0.15, 0.2) is 24.3 Å². The van der Waals surface area contributed by atoms with E-state index in [1.54, 1.807) is 24.3 Å². The maximum absolute atomic E-state index is 13.9. The Morgan fingerprint density at radius 2 is 1.25 bits per heavy atom. The van der Waals surface area contributed by atoms with Gasteiger partial charge in [0.15, 0.2) is 23.3 Å². The van der Waals surface area contributed by atoms with E-state index in [0.29, 0.717) is 11.0 Å². The molecular weight excluding hydrogens is 380 g/mol. The van der Waals surface area contributed by atoms with Gasteiger partial charge in [-0.15, -0.1) is 0 Å². The minimum Gasteiger partial charge on any atom is -0.399 e. The van der Waals surface area contributed by atoms with Crippen molar-refractivity contribution < 1.29 is 31.3 Å². The minimum atomic E-state index is -2.20. The Kier molecular flexibility index (Phi) is 5.18. The largest absolute Gasteiger partial charge is 0.495 e. The molecule has 0 aromatic heterocycles. The van der Waals surface area contributed by atoms with E-state index >= 15 is 0 Å². The summed E-state index contributed by atoms with van der Waals surface area (Å²) in [6.45, 7) is 7.31. The maximum atomic E-state index is 13.9. The van der Waals surface area contributed by atoms with Gasteiger partial charge in [-0.2, -0.15) is 0 Å². The van der Waals surface area contributed by atoms with Crippen molar-refractivity contribution in [2.75, 3.05) is 5.32 Å². The van der Waals surface area contributed by atoms with E-state index in [9.17, 15) is 22.0 Å². The molecule has 3 nitrogen and oxygen atoms in total. The molecule has 150 valence electrons. The molecule has 2 aromatic rings. The van der Waals surface area contributed by atoms with Gasteiger partial charge in [0, 0.05) is 6.54 Å². The van der Waals surface area contributed by atoms with Crippen molar-refractivity contribution in [2.24, 2.45) is 0 Å². The number of nitrogens with one attached hydrogen (secondary N) is 1. The van der Waals surface area contributed by atoms with Crippen LogP contribution in [0.1, 0.15) is 33.3 Å². The van der Waals surface area contributed by atoms with Gasteiger partial charge in [0.05, 0.1) is 11.2 Å². The molecule has 0 atom stereocenters. The molecule has 9 heteroatoms. The smallest absolute Gasteiger partial charge is 0.399 e. The van der Waals surface area contributed by atoms with Gasteiger partial charge in [-0.25, -0.2) is 22.0 Å². The first-order valence-electron chi connectivity index (χ1n) is 8.65. The van der Waals surface area contributed by atoms with E-state index in [0.717, 1.165) is 0 Å². The Morgan fingerprint density at radius 3 is 1.79 bits per heavy atom. The number of benzene rings is 2. The molecule has 0 spiro atoms. The third kappa shape index (κ3) is 3.37. The van der Waals surface area contributed by atoms with Crippen LogP contribution in [0.2, 0.25) is 0 Å². The summed E-state index contributed by atoms with van der Waals surface area (Å²) >= 11 is 0. The summed E-state index contributed by atoms with van der Waals surface area (Å²) in [5.74, 6) is -10.0. The highest BCUT2D eigenvalue weighted by atomic mass is 19.2. The number of halogens is 5. The molecule has 0 unspecified atom stereocenters. The second kappa shape index (κ2) is 7.04. The first-order chi connectivity index (χ1) is 13.0. The van der Waals surface area contributed by atoms with Crippen LogP contribution in [0.3, 0.4) is 0 Å². The lowest BCUT2D eigenvalue weighted by molar-refractivity contribution is 0.00578. The third-order valence-corrected chi connectivity index (χ3v) is 5.23. The molecule has 0 bridgehead atoms. The van der Waals surface area contributed by atoms with Crippen molar-refractivity contribution in [3.8, 4) is 0 Å². The molecule has 0 radical (unpaired) electrons. The topological polar surface area (TPSA) is 30.5 Å². The predicted octanol–water partition coefficient (Wildman–Crippen LogP) is 4.29. The highest BCUT2D eigenvalue weighted by molar-refractivity contribution is 6.62. The molecule has 1 N–H and O–H groups in total. The zero-order chi connectivity index (χ0) is 20.9. The van der Waals surface area contributed by atoms with Gasteiger partial charge in [0.1, 0.15) is 5.69 Å². The van der Waals surface area contributed by atoms with Gasteiger partial charge in [-0.05, 0) is 38.7 Å². The average molecular weight is 399 g/mol. The number of hydrogen-bond acceptors (Lipinski definition) is 3. The molecule has 1 aliphatic heterocycles. The lowest BCUT2D eigenvalue weighted by atomic mass is 9.76. The Morgan fingerprint density at radius 1 is 0.786 bits per heavy atom. The van der Waals surface area contributed by atoms with Crippen molar-refractivity contribution >= 4 is 18.3 Å². The van der Waals surface area contributed by atoms with Gasteiger partial charge in [0.25, 0.3) is 0 Å². The second-order valence-electron chi connectivity index (χ2n) is 7.59.